The Morgan fingerprint density at radius 2 is 1.05 bits per heavy atom. The number of hydrogen-bond acceptors (Lipinski definition) is 1. The molecule has 1 heteroatoms. The molecule has 0 aromatic carbocycles. The Morgan fingerprint density at radius 1 is 0.667 bits per heavy atom. The fourth-order valence-electron chi connectivity index (χ4n) is 2.98. The van der Waals surface area contributed by atoms with Gasteiger partial charge in [-0.2, -0.15) is 0 Å². The van der Waals surface area contributed by atoms with Crippen LogP contribution >= 0.6 is 0 Å². The van der Waals surface area contributed by atoms with Crippen molar-refractivity contribution >= 4 is 6.29 Å². The van der Waals surface area contributed by atoms with Gasteiger partial charge >= 0.3 is 0 Å². The van der Waals surface area contributed by atoms with Crippen LogP contribution in [0.25, 0.3) is 0 Å². The van der Waals surface area contributed by atoms with E-state index in [1.807, 2.05) is 6.92 Å². The third-order valence-electron chi connectivity index (χ3n) is 5.07. The lowest BCUT2D eigenvalue weighted by Crippen LogP contribution is -2.02. The van der Waals surface area contributed by atoms with Crippen molar-refractivity contribution in [3.63, 3.8) is 0 Å². The molecule has 0 saturated carbocycles. The quantitative estimate of drug-likeness (QED) is 0.328. The molecule has 126 valence electrons. The van der Waals surface area contributed by atoms with Crippen molar-refractivity contribution in [3.05, 3.63) is 0 Å². The van der Waals surface area contributed by atoms with Crippen molar-refractivity contribution in [3.8, 4) is 0 Å². The minimum atomic E-state index is 0.253. The summed E-state index contributed by atoms with van der Waals surface area (Å²) in [7, 11) is 0. The number of rotatable bonds is 14. The van der Waals surface area contributed by atoms with E-state index in [4.69, 9.17) is 0 Å². The molecule has 0 spiro atoms. The van der Waals surface area contributed by atoms with E-state index in [0.29, 0.717) is 0 Å². The third kappa shape index (κ3) is 13.1. The molecule has 0 aromatic heterocycles. The standard InChI is InChI=1S/C20H40O/c1-6-17(2)10-7-11-18(3)12-8-13-19(4)14-9-15-20(5)16-21/h16-20H,6-15H2,1-5H3. The highest BCUT2D eigenvalue weighted by Gasteiger charge is 2.07. The smallest absolute Gasteiger partial charge is 0.122 e. The van der Waals surface area contributed by atoms with Crippen LogP contribution in [0.4, 0.5) is 0 Å². The fourth-order valence-corrected chi connectivity index (χ4v) is 2.98. The minimum Gasteiger partial charge on any atom is -0.303 e. The second-order valence-corrected chi connectivity index (χ2v) is 7.63. The Labute approximate surface area is 134 Å². The number of hydrogen-bond donors (Lipinski definition) is 0. The van der Waals surface area contributed by atoms with Crippen molar-refractivity contribution < 1.29 is 4.79 Å². The SMILES string of the molecule is CCC(C)CCCC(C)CCCC(C)CCCC(C)C=O. The van der Waals surface area contributed by atoms with Gasteiger partial charge in [-0.3, -0.25) is 0 Å². The maximum Gasteiger partial charge on any atom is 0.122 e. The average Bonchev–Trinajstić information content (AvgIpc) is 2.46. The lowest BCUT2D eigenvalue weighted by molar-refractivity contribution is -0.110. The topological polar surface area (TPSA) is 17.1 Å². The van der Waals surface area contributed by atoms with Crippen LogP contribution in [-0.4, -0.2) is 6.29 Å². The lowest BCUT2D eigenvalue weighted by Gasteiger charge is -2.15. The summed E-state index contributed by atoms with van der Waals surface area (Å²) >= 11 is 0. The zero-order valence-electron chi connectivity index (χ0n) is 15.4. The Balaban J connectivity index is 3.48. The highest BCUT2D eigenvalue weighted by Crippen LogP contribution is 2.22. The van der Waals surface area contributed by atoms with Gasteiger partial charge in [-0.05, 0) is 24.2 Å². The van der Waals surface area contributed by atoms with Gasteiger partial charge in [0.1, 0.15) is 6.29 Å². The van der Waals surface area contributed by atoms with Gasteiger partial charge in [0.15, 0.2) is 0 Å². The highest BCUT2D eigenvalue weighted by molar-refractivity contribution is 5.52. The van der Waals surface area contributed by atoms with Crippen LogP contribution in [0.3, 0.4) is 0 Å². The van der Waals surface area contributed by atoms with Crippen molar-refractivity contribution in [2.45, 2.75) is 98.8 Å². The molecule has 1 nitrogen and oxygen atoms in total. The number of carbonyl (C=O) groups is 1. The Morgan fingerprint density at radius 3 is 1.43 bits per heavy atom. The van der Waals surface area contributed by atoms with Crippen LogP contribution < -0.4 is 0 Å². The molecule has 21 heavy (non-hydrogen) atoms. The van der Waals surface area contributed by atoms with Crippen LogP contribution in [-0.2, 0) is 4.79 Å². The largest absolute Gasteiger partial charge is 0.303 e. The molecule has 0 aliphatic carbocycles. The Bertz CT molecular complexity index is 236. The zero-order valence-corrected chi connectivity index (χ0v) is 15.4. The van der Waals surface area contributed by atoms with Gasteiger partial charge in [0.25, 0.3) is 0 Å². The van der Waals surface area contributed by atoms with Crippen molar-refractivity contribution in [2.75, 3.05) is 0 Å². The summed E-state index contributed by atoms with van der Waals surface area (Å²) < 4.78 is 0. The zero-order chi connectivity index (χ0) is 16.1. The summed E-state index contributed by atoms with van der Waals surface area (Å²) in [4.78, 5) is 10.6. The van der Waals surface area contributed by atoms with Gasteiger partial charge in [0, 0.05) is 5.92 Å². The van der Waals surface area contributed by atoms with Gasteiger partial charge in [-0.25, -0.2) is 0 Å². The first-order valence-corrected chi connectivity index (χ1v) is 9.44. The van der Waals surface area contributed by atoms with Gasteiger partial charge in [0.2, 0.25) is 0 Å². The van der Waals surface area contributed by atoms with E-state index in [1.165, 1.54) is 57.8 Å². The molecule has 0 N–H and O–H groups in total. The maximum absolute atomic E-state index is 10.6. The summed E-state index contributed by atoms with van der Waals surface area (Å²) in [5.41, 5.74) is 0. The van der Waals surface area contributed by atoms with E-state index in [2.05, 4.69) is 27.7 Å². The van der Waals surface area contributed by atoms with Gasteiger partial charge in [0.05, 0.1) is 0 Å². The summed E-state index contributed by atoms with van der Waals surface area (Å²) in [6.07, 6.45) is 14.4. The molecular formula is C20H40O. The molecule has 0 radical (unpaired) electrons. The van der Waals surface area contributed by atoms with Crippen LogP contribution in [0.15, 0.2) is 0 Å². The fraction of sp³-hybridized carbons (Fsp3) is 0.950. The predicted molar refractivity (Wildman–Crippen MR) is 94.6 cm³/mol. The van der Waals surface area contributed by atoms with E-state index >= 15 is 0 Å². The summed E-state index contributed by atoms with van der Waals surface area (Å²) in [5, 5.41) is 0. The predicted octanol–water partition coefficient (Wildman–Crippen LogP) is 6.65. The molecule has 0 aliphatic heterocycles. The van der Waals surface area contributed by atoms with Gasteiger partial charge in [-0.15, -0.1) is 0 Å². The number of aldehydes is 1. The second-order valence-electron chi connectivity index (χ2n) is 7.63. The maximum atomic E-state index is 10.6. The molecular weight excluding hydrogens is 256 g/mol. The molecule has 4 atom stereocenters. The first-order chi connectivity index (χ1) is 9.99. The van der Waals surface area contributed by atoms with E-state index < -0.39 is 0 Å². The molecule has 0 saturated heterocycles. The van der Waals surface area contributed by atoms with Gasteiger partial charge < -0.3 is 4.79 Å². The van der Waals surface area contributed by atoms with E-state index in [1.54, 1.807) is 0 Å². The molecule has 0 bridgehead atoms. The van der Waals surface area contributed by atoms with Gasteiger partial charge in [-0.1, -0.05) is 92.4 Å². The highest BCUT2D eigenvalue weighted by atomic mass is 16.1. The van der Waals surface area contributed by atoms with E-state index in [0.717, 1.165) is 30.5 Å². The van der Waals surface area contributed by atoms with E-state index in [-0.39, 0.29) is 5.92 Å². The van der Waals surface area contributed by atoms with Crippen molar-refractivity contribution in [2.24, 2.45) is 23.7 Å². The summed E-state index contributed by atoms with van der Waals surface area (Å²) in [6, 6.07) is 0. The molecule has 0 heterocycles. The summed E-state index contributed by atoms with van der Waals surface area (Å²) in [5.74, 6) is 2.89. The normalized spacial score (nSPS) is 17.2. The third-order valence-corrected chi connectivity index (χ3v) is 5.07. The first kappa shape index (κ1) is 20.7. The second kappa shape index (κ2) is 13.3. The molecule has 4 unspecified atom stereocenters. The lowest BCUT2D eigenvalue weighted by atomic mass is 9.91. The molecule has 0 fully saturated rings. The molecule has 0 amide bonds. The molecule has 0 rings (SSSR count). The molecule has 0 aliphatic rings. The van der Waals surface area contributed by atoms with Crippen LogP contribution in [0.2, 0.25) is 0 Å². The van der Waals surface area contributed by atoms with E-state index in [9.17, 15) is 4.79 Å². The van der Waals surface area contributed by atoms with Crippen molar-refractivity contribution in [1.82, 2.24) is 0 Å². The van der Waals surface area contributed by atoms with Crippen LogP contribution in [0.1, 0.15) is 98.8 Å². The van der Waals surface area contributed by atoms with Crippen molar-refractivity contribution in [1.29, 1.82) is 0 Å². The van der Waals surface area contributed by atoms with Crippen LogP contribution in [0.5, 0.6) is 0 Å². The number of carbonyl (C=O) groups excluding carboxylic acids is 1. The average molecular weight is 297 g/mol. The monoisotopic (exact) mass is 296 g/mol. The minimum absolute atomic E-state index is 0.253. The molecule has 0 aromatic rings. The summed E-state index contributed by atoms with van der Waals surface area (Å²) in [6.45, 7) is 11.5. The first-order valence-electron chi connectivity index (χ1n) is 9.44. The Hall–Kier alpha value is -0.330. The van der Waals surface area contributed by atoms with Crippen LogP contribution in [0, 0.1) is 23.7 Å². The Kier molecular flexibility index (Phi) is 13.1.